The highest BCUT2D eigenvalue weighted by Gasteiger charge is 2.54. The fourth-order valence-corrected chi connectivity index (χ4v) is 7.06. The van der Waals surface area contributed by atoms with Crippen LogP contribution in [0.4, 0.5) is 11.5 Å². The van der Waals surface area contributed by atoms with E-state index in [1.54, 1.807) is 24.2 Å². The van der Waals surface area contributed by atoms with Crippen molar-refractivity contribution in [2.45, 2.75) is 74.8 Å². The van der Waals surface area contributed by atoms with Crippen molar-refractivity contribution in [3.05, 3.63) is 36.2 Å². The molecular formula is C25H32N4O2S. The van der Waals surface area contributed by atoms with Gasteiger partial charge < -0.3 is 10.4 Å². The number of carboxylic acid groups (broad SMARTS) is 1. The third kappa shape index (κ3) is 4.37. The molecule has 1 saturated carbocycles. The predicted octanol–water partition coefficient (Wildman–Crippen LogP) is 5.71. The van der Waals surface area contributed by atoms with Crippen molar-refractivity contribution in [1.29, 1.82) is 0 Å². The SMILES string of the molecule is CCCCC1(CC(=O)O)CC2(CCN(Cc3ccc4c(c3)Nc3nccnc3S4)CC2)C1. The number of rotatable bonds is 7. The highest BCUT2D eigenvalue weighted by Crippen LogP contribution is 2.63. The molecule has 170 valence electrons. The van der Waals surface area contributed by atoms with Crippen molar-refractivity contribution in [3.63, 3.8) is 0 Å². The summed E-state index contributed by atoms with van der Waals surface area (Å²) in [6.45, 7) is 5.36. The smallest absolute Gasteiger partial charge is 0.303 e. The number of piperidine rings is 1. The number of hydrogen-bond donors (Lipinski definition) is 2. The highest BCUT2D eigenvalue weighted by atomic mass is 32.2. The first kappa shape index (κ1) is 21.7. The molecule has 7 heteroatoms. The Morgan fingerprint density at radius 1 is 1.22 bits per heavy atom. The Hall–Kier alpha value is -2.12. The van der Waals surface area contributed by atoms with Crippen molar-refractivity contribution in [1.82, 2.24) is 14.9 Å². The van der Waals surface area contributed by atoms with Crippen LogP contribution < -0.4 is 5.32 Å². The van der Waals surface area contributed by atoms with Crippen LogP contribution in [0, 0.1) is 10.8 Å². The molecule has 2 aromatic rings. The Balaban J connectivity index is 1.17. The first-order valence-electron chi connectivity index (χ1n) is 11.8. The van der Waals surface area contributed by atoms with Crippen LogP contribution in [-0.4, -0.2) is 39.0 Å². The lowest BCUT2D eigenvalue weighted by atomic mass is 9.47. The molecule has 2 fully saturated rings. The largest absolute Gasteiger partial charge is 0.481 e. The molecule has 0 bridgehead atoms. The zero-order chi connectivity index (χ0) is 22.2. The van der Waals surface area contributed by atoms with Gasteiger partial charge in [-0.15, -0.1) is 0 Å². The number of hydrogen-bond acceptors (Lipinski definition) is 6. The second-order valence-corrected chi connectivity index (χ2v) is 11.1. The Labute approximate surface area is 194 Å². The van der Waals surface area contributed by atoms with Gasteiger partial charge in [0.25, 0.3) is 0 Å². The number of nitrogens with zero attached hydrogens (tertiary/aromatic N) is 3. The summed E-state index contributed by atoms with van der Waals surface area (Å²) in [5.74, 6) is 0.209. The first-order chi connectivity index (χ1) is 15.5. The van der Waals surface area contributed by atoms with Crippen LogP contribution in [0.1, 0.15) is 63.9 Å². The molecular weight excluding hydrogens is 420 g/mol. The third-order valence-electron chi connectivity index (χ3n) is 7.58. The summed E-state index contributed by atoms with van der Waals surface area (Å²) in [7, 11) is 0. The quantitative estimate of drug-likeness (QED) is 0.475. The van der Waals surface area contributed by atoms with E-state index in [9.17, 15) is 9.90 Å². The van der Waals surface area contributed by atoms with Gasteiger partial charge >= 0.3 is 5.97 Å². The standard InChI is InChI=1S/C25H32N4O2S/c1-2-3-6-25(14-21(30)31)16-24(17-25)7-11-29(12-8-24)15-18-4-5-20-19(13-18)28-22-23(32-20)27-10-9-26-22/h4-5,9-10,13H,2-3,6-8,11-12,14-17H2,1H3,(H,26,28)(H,30,31). The van der Waals surface area contributed by atoms with Crippen LogP contribution in [0.25, 0.3) is 0 Å². The van der Waals surface area contributed by atoms with Gasteiger partial charge in [-0.1, -0.05) is 37.6 Å². The van der Waals surface area contributed by atoms with Crippen LogP contribution in [-0.2, 0) is 11.3 Å². The van der Waals surface area contributed by atoms with Gasteiger partial charge in [0.1, 0.15) is 5.03 Å². The van der Waals surface area contributed by atoms with E-state index in [-0.39, 0.29) is 5.41 Å². The predicted molar refractivity (Wildman–Crippen MR) is 126 cm³/mol. The summed E-state index contributed by atoms with van der Waals surface area (Å²) in [6, 6.07) is 6.66. The number of aromatic nitrogens is 2. The number of anilines is 2. The molecule has 0 unspecified atom stereocenters. The van der Waals surface area contributed by atoms with Gasteiger partial charge in [0, 0.05) is 23.8 Å². The molecule has 1 aliphatic carbocycles. The van der Waals surface area contributed by atoms with Gasteiger partial charge in [0.15, 0.2) is 5.82 Å². The number of likely N-dealkylation sites (tertiary alicyclic amines) is 1. The summed E-state index contributed by atoms with van der Waals surface area (Å²) in [6.07, 6.45) is 11.8. The summed E-state index contributed by atoms with van der Waals surface area (Å²) < 4.78 is 0. The van der Waals surface area contributed by atoms with Crippen LogP contribution >= 0.6 is 11.8 Å². The van der Waals surface area contributed by atoms with Crippen LogP contribution in [0.15, 0.2) is 40.5 Å². The minimum Gasteiger partial charge on any atom is -0.481 e. The van der Waals surface area contributed by atoms with E-state index >= 15 is 0 Å². The molecule has 2 aliphatic heterocycles. The Morgan fingerprint density at radius 2 is 2.00 bits per heavy atom. The van der Waals surface area contributed by atoms with Crippen LogP contribution in [0.5, 0.6) is 0 Å². The number of carboxylic acids is 1. The minimum absolute atomic E-state index is 0.0605. The maximum atomic E-state index is 11.4. The molecule has 3 heterocycles. The van der Waals surface area contributed by atoms with Gasteiger partial charge in [-0.05, 0) is 73.7 Å². The normalized spacial score (nSPS) is 20.7. The lowest BCUT2D eigenvalue weighted by molar-refractivity contribution is -0.149. The molecule has 3 aliphatic rings. The number of fused-ring (bicyclic) bond motifs is 2. The minimum atomic E-state index is -0.624. The van der Waals surface area contributed by atoms with Crippen molar-refractivity contribution in [3.8, 4) is 0 Å². The van der Waals surface area contributed by atoms with E-state index < -0.39 is 5.97 Å². The maximum Gasteiger partial charge on any atom is 0.303 e. The number of nitrogens with one attached hydrogen (secondary N) is 1. The van der Waals surface area contributed by atoms with E-state index in [0.29, 0.717) is 11.8 Å². The Morgan fingerprint density at radius 3 is 2.75 bits per heavy atom. The maximum absolute atomic E-state index is 11.4. The molecule has 0 amide bonds. The van der Waals surface area contributed by atoms with E-state index in [0.717, 1.165) is 68.3 Å². The molecule has 1 aromatic carbocycles. The molecule has 5 rings (SSSR count). The number of unbranched alkanes of at least 4 members (excludes halogenated alkanes) is 1. The summed E-state index contributed by atoms with van der Waals surface area (Å²) >= 11 is 1.67. The van der Waals surface area contributed by atoms with Crippen molar-refractivity contribution >= 4 is 29.2 Å². The van der Waals surface area contributed by atoms with Gasteiger partial charge in [0.2, 0.25) is 0 Å². The molecule has 0 radical (unpaired) electrons. The third-order valence-corrected chi connectivity index (χ3v) is 8.65. The molecule has 1 spiro atoms. The second kappa shape index (κ2) is 8.67. The average Bonchev–Trinajstić information content (AvgIpc) is 2.76. The van der Waals surface area contributed by atoms with E-state index in [1.807, 2.05) is 0 Å². The molecule has 1 aromatic heterocycles. The van der Waals surface area contributed by atoms with Crippen LogP contribution in [0.2, 0.25) is 0 Å². The Kier molecular flexibility index (Phi) is 5.88. The van der Waals surface area contributed by atoms with Crippen molar-refractivity contribution in [2.75, 3.05) is 18.4 Å². The highest BCUT2D eigenvalue weighted by molar-refractivity contribution is 7.99. The van der Waals surface area contributed by atoms with E-state index in [2.05, 4.69) is 45.3 Å². The lowest BCUT2D eigenvalue weighted by Gasteiger charge is -2.59. The molecule has 6 nitrogen and oxygen atoms in total. The summed E-state index contributed by atoms with van der Waals surface area (Å²) in [5.41, 5.74) is 2.88. The fourth-order valence-electron chi connectivity index (χ4n) is 6.18. The fraction of sp³-hybridized carbons (Fsp3) is 0.560. The first-order valence-corrected chi connectivity index (χ1v) is 12.6. The van der Waals surface area contributed by atoms with Gasteiger partial charge in [0.05, 0.1) is 12.1 Å². The van der Waals surface area contributed by atoms with E-state index in [1.165, 1.54) is 23.3 Å². The number of carbonyl (C=O) groups is 1. The summed E-state index contributed by atoms with van der Waals surface area (Å²) in [4.78, 5) is 24.0. The molecule has 32 heavy (non-hydrogen) atoms. The number of benzene rings is 1. The lowest BCUT2D eigenvalue weighted by Crippen LogP contribution is -2.53. The van der Waals surface area contributed by atoms with Crippen LogP contribution in [0.3, 0.4) is 0 Å². The topological polar surface area (TPSA) is 78.4 Å². The molecule has 2 N–H and O–H groups in total. The van der Waals surface area contributed by atoms with Gasteiger partial charge in [-0.25, -0.2) is 9.97 Å². The van der Waals surface area contributed by atoms with Crippen molar-refractivity contribution < 1.29 is 9.90 Å². The molecule has 0 atom stereocenters. The van der Waals surface area contributed by atoms with Gasteiger partial charge in [-0.2, -0.15) is 0 Å². The second-order valence-electron chi connectivity index (χ2n) is 10.1. The monoisotopic (exact) mass is 452 g/mol. The Bertz CT molecular complexity index is 995. The molecule has 1 saturated heterocycles. The average molecular weight is 453 g/mol. The van der Waals surface area contributed by atoms with Gasteiger partial charge in [-0.3, -0.25) is 9.69 Å². The zero-order valence-corrected chi connectivity index (χ0v) is 19.6. The summed E-state index contributed by atoms with van der Waals surface area (Å²) in [5, 5.41) is 13.8. The van der Waals surface area contributed by atoms with E-state index in [4.69, 9.17) is 0 Å². The zero-order valence-electron chi connectivity index (χ0n) is 18.8. The number of aliphatic carboxylic acids is 1. The van der Waals surface area contributed by atoms with Crippen molar-refractivity contribution in [2.24, 2.45) is 10.8 Å².